The molecule has 0 aromatic heterocycles. The van der Waals surface area contributed by atoms with Gasteiger partial charge in [-0.1, -0.05) is 52.3 Å². The van der Waals surface area contributed by atoms with E-state index in [4.69, 9.17) is 9.16 Å². The number of esters is 1. The molecule has 0 bridgehead atoms. The summed E-state index contributed by atoms with van der Waals surface area (Å²) in [4.78, 5) is 11.2. The fourth-order valence-electron chi connectivity index (χ4n) is 3.71. The second-order valence-electron chi connectivity index (χ2n) is 10.2. The van der Waals surface area contributed by atoms with Crippen molar-refractivity contribution in [1.29, 1.82) is 0 Å². The Morgan fingerprint density at radius 3 is 2.50 bits per heavy atom. The number of ether oxygens (including phenoxy) is 1. The average molecular weight is 411 g/mol. The Bertz CT molecular complexity index is 596. The van der Waals surface area contributed by atoms with E-state index in [1.54, 1.807) is 0 Å². The van der Waals surface area contributed by atoms with Crippen LogP contribution in [0.4, 0.5) is 0 Å². The highest BCUT2D eigenvalue weighted by Crippen LogP contribution is 2.46. The molecule has 0 aromatic rings. The summed E-state index contributed by atoms with van der Waals surface area (Å²) in [5, 5.41) is 11.0. The number of allylic oxidation sites excluding steroid dienone is 1. The van der Waals surface area contributed by atoms with Crippen LogP contribution in [0, 0.1) is 11.3 Å². The van der Waals surface area contributed by atoms with Gasteiger partial charge in [-0.05, 0) is 61.2 Å². The molecule has 0 aromatic carbocycles. The van der Waals surface area contributed by atoms with Crippen LogP contribution in [0.5, 0.6) is 0 Å². The molecule has 0 saturated heterocycles. The molecule has 28 heavy (non-hydrogen) atoms. The van der Waals surface area contributed by atoms with Crippen LogP contribution < -0.4 is 0 Å². The first-order valence-corrected chi connectivity index (χ1v) is 13.4. The minimum atomic E-state index is -1.72. The third-order valence-corrected chi connectivity index (χ3v) is 11.3. The standard InChI is InChI=1S/C23H42O4Si/c1-17-13-14-19(23(6,7)20(17)16-26-18(2)24)21(25)12-10-11-15-27-28(8,9)22(3,4)5/h10,12,19,21,25H,11,13-16H2,1-9H3/b12-10+/t19-,21+/m0/s1. The Labute approximate surface area is 173 Å². The lowest BCUT2D eigenvalue weighted by molar-refractivity contribution is -0.140. The van der Waals surface area contributed by atoms with Gasteiger partial charge in [-0.15, -0.1) is 0 Å². The molecule has 0 heterocycles. The number of hydrogen-bond acceptors (Lipinski definition) is 4. The average Bonchev–Trinajstić information content (AvgIpc) is 2.52. The molecule has 0 saturated carbocycles. The van der Waals surface area contributed by atoms with Crippen LogP contribution in [0.1, 0.15) is 67.7 Å². The molecule has 5 heteroatoms. The van der Waals surface area contributed by atoms with Gasteiger partial charge in [-0.25, -0.2) is 0 Å². The number of aliphatic hydroxyl groups excluding tert-OH is 1. The van der Waals surface area contributed by atoms with Crippen molar-refractivity contribution >= 4 is 14.3 Å². The maximum atomic E-state index is 11.2. The van der Waals surface area contributed by atoms with E-state index in [1.807, 2.05) is 12.2 Å². The Morgan fingerprint density at radius 1 is 1.36 bits per heavy atom. The van der Waals surface area contributed by atoms with E-state index in [-0.39, 0.29) is 22.3 Å². The molecular weight excluding hydrogens is 368 g/mol. The van der Waals surface area contributed by atoms with Gasteiger partial charge in [0.2, 0.25) is 0 Å². The molecule has 1 aliphatic rings. The third kappa shape index (κ3) is 6.56. The summed E-state index contributed by atoms with van der Waals surface area (Å²) >= 11 is 0. The molecule has 0 radical (unpaired) electrons. The molecule has 4 nitrogen and oxygen atoms in total. The molecule has 0 aliphatic heterocycles. The highest BCUT2D eigenvalue weighted by Gasteiger charge is 2.40. The van der Waals surface area contributed by atoms with Gasteiger partial charge in [-0.3, -0.25) is 4.79 Å². The Kier molecular flexibility index (Phi) is 8.73. The van der Waals surface area contributed by atoms with Gasteiger partial charge in [0, 0.05) is 13.5 Å². The fraction of sp³-hybridized carbons (Fsp3) is 0.783. The van der Waals surface area contributed by atoms with E-state index < -0.39 is 14.4 Å². The van der Waals surface area contributed by atoms with E-state index in [2.05, 4.69) is 54.6 Å². The topological polar surface area (TPSA) is 55.8 Å². The van der Waals surface area contributed by atoms with E-state index in [9.17, 15) is 9.90 Å². The monoisotopic (exact) mass is 410 g/mol. The van der Waals surface area contributed by atoms with Crippen LogP contribution in [-0.4, -0.2) is 38.7 Å². The zero-order valence-electron chi connectivity index (χ0n) is 19.5. The molecule has 2 atom stereocenters. The van der Waals surface area contributed by atoms with E-state index in [0.717, 1.165) is 24.8 Å². The fourth-order valence-corrected chi connectivity index (χ4v) is 4.77. The van der Waals surface area contributed by atoms with Crippen molar-refractivity contribution in [3.8, 4) is 0 Å². The van der Waals surface area contributed by atoms with Gasteiger partial charge < -0.3 is 14.3 Å². The predicted octanol–water partition coefficient (Wildman–Crippen LogP) is 5.63. The van der Waals surface area contributed by atoms with E-state index in [1.165, 1.54) is 12.5 Å². The molecule has 0 unspecified atom stereocenters. The van der Waals surface area contributed by atoms with Crippen LogP contribution >= 0.6 is 0 Å². The van der Waals surface area contributed by atoms with Crippen LogP contribution in [0.15, 0.2) is 23.3 Å². The zero-order chi connectivity index (χ0) is 21.8. The minimum Gasteiger partial charge on any atom is -0.461 e. The van der Waals surface area contributed by atoms with Crippen LogP contribution in [0.3, 0.4) is 0 Å². The lowest BCUT2D eigenvalue weighted by Crippen LogP contribution is -2.41. The SMILES string of the molecule is CC(=O)OCC1=C(C)CC[C@@H]([C@H](O)/C=C/CCO[Si](C)(C)C(C)(C)C)C1(C)C. The van der Waals surface area contributed by atoms with Crippen molar-refractivity contribution in [2.45, 2.75) is 92.0 Å². The molecule has 162 valence electrons. The second-order valence-corrected chi connectivity index (χ2v) is 15.0. The van der Waals surface area contributed by atoms with Crippen molar-refractivity contribution in [2.24, 2.45) is 11.3 Å². The molecule has 0 amide bonds. The van der Waals surface area contributed by atoms with Crippen molar-refractivity contribution < 1.29 is 19.1 Å². The quantitative estimate of drug-likeness (QED) is 0.244. The van der Waals surface area contributed by atoms with Gasteiger partial charge in [-0.2, -0.15) is 0 Å². The molecule has 1 N–H and O–H groups in total. The van der Waals surface area contributed by atoms with Gasteiger partial charge in [0.25, 0.3) is 0 Å². The second kappa shape index (κ2) is 9.73. The summed E-state index contributed by atoms with van der Waals surface area (Å²) < 4.78 is 11.5. The van der Waals surface area contributed by atoms with Crippen molar-refractivity contribution in [1.82, 2.24) is 0 Å². The van der Waals surface area contributed by atoms with E-state index in [0.29, 0.717) is 13.2 Å². The summed E-state index contributed by atoms with van der Waals surface area (Å²) in [6.07, 6.45) is 6.14. The van der Waals surface area contributed by atoms with Gasteiger partial charge in [0.15, 0.2) is 8.32 Å². The van der Waals surface area contributed by atoms with Crippen LogP contribution in [-0.2, 0) is 14.0 Å². The number of rotatable bonds is 8. The van der Waals surface area contributed by atoms with Gasteiger partial charge in [0.1, 0.15) is 6.61 Å². The maximum Gasteiger partial charge on any atom is 0.302 e. The first-order chi connectivity index (χ1) is 12.7. The largest absolute Gasteiger partial charge is 0.461 e. The summed E-state index contributed by atoms with van der Waals surface area (Å²) in [5.74, 6) is -0.153. The Balaban J connectivity index is 2.67. The van der Waals surface area contributed by atoms with Gasteiger partial charge in [0.05, 0.1) is 6.10 Å². The van der Waals surface area contributed by atoms with E-state index >= 15 is 0 Å². The summed E-state index contributed by atoms with van der Waals surface area (Å²) in [5.41, 5.74) is 2.22. The van der Waals surface area contributed by atoms with Gasteiger partial charge >= 0.3 is 5.97 Å². The molecule has 1 rings (SSSR count). The zero-order valence-corrected chi connectivity index (χ0v) is 20.5. The Morgan fingerprint density at radius 2 is 1.96 bits per heavy atom. The summed E-state index contributed by atoms with van der Waals surface area (Å²) in [7, 11) is -1.72. The highest BCUT2D eigenvalue weighted by molar-refractivity contribution is 6.74. The first kappa shape index (κ1) is 25.1. The first-order valence-electron chi connectivity index (χ1n) is 10.5. The number of carbonyl (C=O) groups excluding carboxylic acids is 1. The maximum absolute atomic E-state index is 11.2. The molecule has 0 spiro atoms. The molecule has 1 aliphatic carbocycles. The normalized spacial score (nSPS) is 21.9. The number of hydrogen-bond donors (Lipinski definition) is 1. The summed E-state index contributed by atoms with van der Waals surface area (Å²) in [6.45, 7) is 20.1. The van der Waals surface area contributed by atoms with Crippen molar-refractivity contribution in [2.75, 3.05) is 13.2 Å². The number of carbonyl (C=O) groups is 1. The van der Waals surface area contributed by atoms with Crippen molar-refractivity contribution in [3.05, 3.63) is 23.3 Å². The smallest absolute Gasteiger partial charge is 0.302 e. The van der Waals surface area contributed by atoms with Crippen molar-refractivity contribution in [3.63, 3.8) is 0 Å². The summed E-state index contributed by atoms with van der Waals surface area (Å²) in [6, 6.07) is 0. The lowest BCUT2D eigenvalue weighted by atomic mass is 9.63. The van der Waals surface area contributed by atoms with Crippen LogP contribution in [0.25, 0.3) is 0 Å². The highest BCUT2D eigenvalue weighted by atomic mass is 28.4. The third-order valence-electron chi connectivity index (χ3n) is 6.77. The predicted molar refractivity (Wildman–Crippen MR) is 119 cm³/mol. The molecule has 0 fully saturated rings. The lowest BCUT2D eigenvalue weighted by Gasteiger charge is -2.43. The minimum absolute atomic E-state index is 0.110. The van der Waals surface area contributed by atoms with Crippen LogP contribution in [0.2, 0.25) is 18.1 Å². The number of aliphatic hydroxyl groups is 1. The molecular formula is C23H42O4Si. The Hall–Kier alpha value is -0.913.